The zero-order valence-corrected chi connectivity index (χ0v) is 11.9. The number of halogens is 3. The molecule has 1 N–H and O–H groups in total. The van der Waals surface area contributed by atoms with Gasteiger partial charge in [-0.3, -0.25) is 0 Å². The van der Waals surface area contributed by atoms with E-state index < -0.39 is 6.10 Å². The maximum atomic E-state index is 10.2. The summed E-state index contributed by atoms with van der Waals surface area (Å²) in [4.78, 5) is 0. The molecule has 0 aliphatic carbocycles. The van der Waals surface area contributed by atoms with Gasteiger partial charge in [0.1, 0.15) is 6.10 Å². The number of thiophene rings is 1. The molecule has 0 aliphatic rings. The highest BCUT2D eigenvalue weighted by molar-refractivity contribution is 9.11. The Morgan fingerprint density at radius 2 is 2.00 bits per heavy atom. The summed E-state index contributed by atoms with van der Waals surface area (Å²) in [6.07, 6.45) is -0.742. The molecule has 2 rings (SSSR count). The molecule has 1 heterocycles. The minimum atomic E-state index is -0.742. The monoisotopic (exact) mass is 336 g/mol. The van der Waals surface area contributed by atoms with E-state index in [0.717, 1.165) is 9.35 Å². The molecule has 0 aliphatic heterocycles. The topological polar surface area (TPSA) is 20.2 Å². The van der Waals surface area contributed by atoms with Crippen molar-refractivity contribution >= 4 is 50.5 Å². The fraction of sp³-hybridized carbons (Fsp3) is 0.0909. The number of benzene rings is 1. The first-order chi connectivity index (χ1) is 7.58. The van der Waals surface area contributed by atoms with E-state index in [2.05, 4.69) is 15.9 Å². The summed E-state index contributed by atoms with van der Waals surface area (Å²) in [5, 5.41) is 13.1. The first kappa shape index (κ1) is 12.4. The van der Waals surface area contributed by atoms with Crippen LogP contribution in [-0.4, -0.2) is 5.11 Å². The molecule has 1 nitrogen and oxygen atoms in total. The molecule has 1 aromatic heterocycles. The summed E-state index contributed by atoms with van der Waals surface area (Å²) in [7, 11) is 0. The molecule has 2 aromatic rings. The smallest absolute Gasteiger partial charge is 0.106 e. The van der Waals surface area contributed by atoms with Gasteiger partial charge in [0.2, 0.25) is 0 Å². The predicted octanol–water partition coefficient (Wildman–Crippen LogP) is 4.90. The lowest BCUT2D eigenvalue weighted by molar-refractivity contribution is 0.221. The first-order valence-electron chi connectivity index (χ1n) is 4.45. The Morgan fingerprint density at radius 1 is 1.25 bits per heavy atom. The molecule has 1 aromatic carbocycles. The summed E-state index contributed by atoms with van der Waals surface area (Å²) in [6.45, 7) is 0. The van der Waals surface area contributed by atoms with Crippen LogP contribution in [0.15, 0.2) is 33.4 Å². The lowest BCUT2D eigenvalue weighted by Crippen LogP contribution is -1.98. The largest absolute Gasteiger partial charge is 0.384 e. The standard InChI is InChI=1S/C11H7BrCl2OS/c12-10-3-6(5-16-10)11(15)8-4-7(13)1-2-9(8)14/h1-5,11,15H. The van der Waals surface area contributed by atoms with Crippen LogP contribution in [-0.2, 0) is 0 Å². The van der Waals surface area contributed by atoms with E-state index in [4.69, 9.17) is 23.2 Å². The van der Waals surface area contributed by atoms with Gasteiger partial charge in [0.05, 0.1) is 3.79 Å². The van der Waals surface area contributed by atoms with Crippen molar-refractivity contribution < 1.29 is 5.11 Å². The number of hydrogen-bond acceptors (Lipinski definition) is 2. The predicted molar refractivity (Wildman–Crippen MR) is 72.5 cm³/mol. The Kier molecular flexibility index (Phi) is 3.93. The van der Waals surface area contributed by atoms with Crippen molar-refractivity contribution in [2.75, 3.05) is 0 Å². The van der Waals surface area contributed by atoms with Crippen LogP contribution in [0, 0.1) is 0 Å². The summed E-state index contributed by atoms with van der Waals surface area (Å²) >= 11 is 16.8. The summed E-state index contributed by atoms with van der Waals surface area (Å²) in [5.74, 6) is 0. The summed E-state index contributed by atoms with van der Waals surface area (Å²) < 4.78 is 0.972. The SMILES string of the molecule is OC(c1csc(Br)c1)c1cc(Cl)ccc1Cl. The first-order valence-corrected chi connectivity index (χ1v) is 6.87. The molecule has 16 heavy (non-hydrogen) atoms. The third-order valence-corrected chi connectivity index (χ3v) is 4.26. The van der Waals surface area contributed by atoms with Gasteiger partial charge in [-0.25, -0.2) is 0 Å². The summed E-state index contributed by atoms with van der Waals surface area (Å²) in [5.41, 5.74) is 1.43. The van der Waals surface area contributed by atoms with Crippen LogP contribution in [0.2, 0.25) is 10.0 Å². The van der Waals surface area contributed by atoms with Crippen molar-refractivity contribution in [1.82, 2.24) is 0 Å². The van der Waals surface area contributed by atoms with Crippen molar-refractivity contribution in [1.29, 1.82) is 0 Å². The zero-order valence-electron chi connectivity index (χ0n) is 7.95. The molecule has 0 saturated heterocycles. The van der Waals surface area contributed by atoms with Crippen LogP contribution in [0.1, 0.15) is 17.2 Å². The Bertz CT molecular complexity index is 512. The van der Waals surface area contributed by atoms with Gasteiger partial charge in [-0.1, -0.05) is 23.2 Å². The van der Waals surface area contributed by atoms with Crippen molar-refractivity contribution in [2.24, 2.45) is 0 Å². The Morgan fingerprint density at radius 3 is 2.62 bits per heavy atom. The van der Waals surface area contributed by atoms with Crippen LogP contribution >= 0.6 is 50.5 Å². The molecule has 0 spiro atoms. The van der Waals surface area contributed by atoms with E-state index in [9.17, 15) is 5.11 Å². The average Bonchev–Trinajstić information content (AvgIpc) is 2.67. The summed E-state index contributed by atoms with van der Waals surface area (Å²) in [6, 6.07) is 6.93. The van der Waals surface area contributed by atoms with E-state index >= 15 is 0 Å². The number of hydrogen-bond donors (Lipinski definition) is 1. The lowest BCUT2D eigenvalue weighted by Gasteiger charge is -2.11. The van der Waals surface area contributed by atoms with Gasteiger partial charge in [-0.15, -0.1) is 11.3 Å². The molecule has 1 unspecified atom stereocenters. The molecular formula is C11H7BrCl2OS. The normalized spacial score (nSPS) is 12.8. The Labute approximate surface area is 116 Å². The number of rotatable bonds is 2. The highest BCUT2D eigenvalue weighted by atomic mass is 79.9. The molecular weight excluding hydrogens is 331 g/mol. The minimum absolute atomic E-state index is 0.513. The van der Waals surface area contributed by atoms with Gasteiger partial charge in [0.25, 0.3) is 0 Å². The quantitative estimate of drug-likeness (QED) is 0.826. The molecule has 0 fully saturated rings. The van der Waals surface area contributed by atoms with Crippen molar-refractivity contribution in [3.05, 3.63) is 54.6 Å². The highest BCUT2D eigenvalue weighted by Gasteiger charge is 2.15. The van der Waals surface area contributed by atoms with Crippen molar-refractivity contribution in [2.45, 2.75) is 6.10 Å². The van der Waals surface area contributed by atoms with Gasteiger partial charge in [0.15, 0.2) is 0 Å². The maximum absolute atomic E-state index is 10.2. The Balaban J connectivity index is 2.40. The van der Waals surface area contributed by atoms with Crippen LogP contribution in [0.25, 0.3) is 0 Å². The number of aliphatic hydroxyl groups excluding tert-OH is 1. The maximum Gasteiger partial charge on any atom is 0.106 e. The van der Waals surface area contributed by atoms with Crippen LogP contribution < -0.4 is 0 Å². The molecule has 84 valence electrons. The number of aliphatic hydroxyl groups is 1. The van der Waals surface area contributed by atoms with Crippen LogP contribution in [0.5, 0.6) is 0 Å². The van der Waals surface area contributed by atoms with Gasteiger partial charge < -0.3 is 5.11 Å². The van der Waals surface area contributed by atoms with Crippen molar-refractivity contribution in [3.63, 3.8) is 0 Å². The van der Waals surface area contributed by atoms with E-state index in [1.807, 2.05) is 11.4 Å². The fourth-order valence-corrected chi connectivity index (χ4v) is 2.97. The molecule has 0 radical (unpaired) electrons. The fourth-order valence-electron chi connectivity index (χ4n) is 1.37. The molecule has 5 heteroatoms. The van der Waals surface area contributed by atoms with E-state index in [1.54, 1.807) is 18.2 Å². The zero-order chi connectivity index (χ0) is 11.7. The Hall–Kier alpha value is -0.0600. The second-order valence-electron chi connectivity index (χ2n) is 3.25. The molecule has 0 amide bonds. The molecule has 0 saturated carbocycles. The lowest BCUT2D eigenvalue weighted by atomic mass is 10.0. The van der Waals surface area contributed by atoms with Crippen LogP contribution in [0.3, 0.4) is 0 Å². The second kappa shape index (κ2) is 5.07. The molecule has 0 bridgehead atoms. The molecule has 1 atom stereocenters. The minimum Gasteiger partial charge on any atom is -0.384 e. The van der Waals surface area contributed by atoms with E-state index in [-0.39, 0.29) is 0 Å². The highest BCUT2D eigenvalue weighted by Crippen LogP contribution is 2.33. The van der Waals surface area contributed by atoms with Gasteiger partial charge >= 0.3 is 0 Å². The van der Waals surface area contributed by atoms with Crippen molar-refractivity contribution in [3.8, 4) is 0 Å². The third kappa shape index (κ3) is 2.60. The average molecular weight is 338 g/mol. The van der Waals surface area contributed by atoms with E-state index in [1.165, 1.54) is 11.3 Å². The second-order valence-corrected chi connectivity index (χ2v) is 6.39. The van der Waals surface area contributed by atoms with Gasteiger partial charge in [0, 0.05) is 15.6 Å². The van der Waals surface area contributed by atoms with Gasteiger partial charge in [-0.2, -0.15) is 0 Å². The van der Waals surface area contributed by atoms with Crippen LogP contribution in [0.4, 0.5) is 0 Å². The third-order valence-electron chi connectivity index (χ3n) is 2.16. The van der Waals surface area contributed by atoms with Gasteiger partial charge in [-0.05, 0) is 51.1 Å². The van der Waals surface area contributed by atoms with E-state index in [0.29, 0.717) is 15.6 Å².